The molecular weight excluding hydrogens is 262 g/mol. The Bertz CT molecular complexity index is 731. The van der Waals surface area contributed by atoms with E-state index in [1.54, 1.807) is 0 Å². The highest BCUT2D eigenvalue weighted by atomic mass is 16.5. The van der Waals surface area contributed by atoms with Crippen LogP contribution < -0.4 is 10.5 Å². The third kappa shape index (κ3) is 2.62. The van der Waals surface area contributed by atoms with Gasteiger partial charge in [0.15, 0.2) is 0 Å². The standard InChI is InChI=1S/C17H19N3O/c1-2-11-21-14-8-6-13(7-9-14)17-15(12-18)20-10-4-3-5-16(20)19-17/h3-10H,2,11-12,18H2,1H3. The van der Waals surface area contributed by atoms with Crippen molar-refractivity contribution in [2.45, 2.75) is 19.9 Å². The maximum absolute atomic E-state index is 5.91. The second kappa shape index (κ2) is 5.97. The third-order valence-corrected chi connectivity index (χ3v) is 3.42. The van der Waals surface area contributed by atoms with E-state index in [2.05, 4.69) is 11.9 Å². The van der Waals surface area contributed by atoms with Gasteiger partial charge in [-0.15, -0.1) is 0 Å². The van der Waals surface area contributed by atoms with Crippen molar-refractivity contribution in [3.05, 3.63) is 54.4 Å². The Labute approximate surface area is 124 Å². The number of nitrogens with two attached hydrogens (primary N) is 1. The van der Waals surface area contributed by atoms with Gasteiger partial charge in [-0.25, -0.2) is 4.98 Å². The Morgan fingerprint density at radius 3 is 2.67 bits per heavy atom. The van der Waals surface area contributed by atoms with Crippen molar-refractivity contribution < 1.29 is 4.74 Å². The summed E-state index contributed by atoms with van der Waals surface area (Å²) in [6.07, 6.45) is 3.00. The Morgan fingerprint density at radius 2 is 1.95 bits per heavy atom. The van der Waals surface area contributed by atoms with E-state index in [-0.39, 0.29) is 0 Å². The number of aromatic nitrogens is 2. The van der Waals surface area contributed by atoms with Crippen molar-refractivity contribution in [1.82, 2.24) is 9.38 Å². The molecule has 0 atom stereocenters. The predicted octanol–water partition coefficient (Wildman–Crippen LogP) is 3.25. The highest BCUT2D eigenvalue weighted by Crippen LogP contribution is 2.26. The number of hydrogen-bond acceptors (Lipinski definition) is 3. The molecule has 2 N–H and O–H groups in total. The van der Waals surface area contributed by atoms with Crippen LogP contribution in [-0.4, -0.2) is 16.0 Å². The molecule has 0 unspecified atom stereocenters. The van der Waals surface area contributed by atoms with E-state index in [9.17, 15) is 0 Å². The molecule has 21 heavy (non-hydrogen) atoms. The fraction of sp³-hybridized carbons (Fsp3) is 0.235. The summed E-state index contributed by atoms with van der Waals surface area (Å²) in [5, 5.41) is 0. The van der Waals surface area contributed by atoms with E-state index in [0.717, 1.165) is 41.4 Å². The molecule has 108 valence electrons. The summed E-state index contributed by atoms with van der Waals surface area (Å²) in [5.74, 6) is 0.888. The van der Waals surface area contributed by atoms with E-state index in [1.807, 2.05) is 53.1 Å². The lowest BCUT2D eigenvalue weighted by Crippen LogP contribution is -2.02. The Morgan fingerprint density at radius 1 is 1.14 bits per heavy atom. The zero-order valence-electron chi connectivity index (χ0n) is 12.1. The van der Waals surface area contributed by atoms with Crippen LogP contribution in [0.5, 0.6) is 5.75 Å². The molecule has 0 spiro atoms. The van der Waals surface area contributed by atoms with Gasteiger partial charge in [-0.3, -0.25) is 0 Å². The summed E-state index contributed by atoms with van der Waals surface area (Å²) >= 11 is 0. The van der Waals surface area contributed by atoms with Crippen molar-refractivity contribution >= 4 is 5.65 Å². The molecule has 0 aliphatic rings. The summed E-state index contributed by atoms with van der Waals surface area (Å²) < 4.78 is 7.65. The number of nitrogens with zero attached hydrogens (tertiary/aromatic N) is 2. The van der Waals surface area contributed by atoms with Gasteiger partial charge in [-0.05, 0) is 42.8 Å². The first-order valence-electron chi connectivity index (χ1n) is 7.22. The molecule has 0 aliphatic heterocycles. The molecule has 1 aromatic carbocycles. The predicted molar refractivity (Wildman–Crippen MR) is 84.3 cm³/mol. The van der Waals surface area contributed by atoms with Crippen molar-refractivity contribution in [3.63, 3.8) is 0 Å². The zero-order valence-corrected chi connectivity index (χ0v) is 12.1. The van der Waals surface area contributed by atoms with Crippen LogP contribution in [0.1, 0.15) is 19.0 Å². The van der Waals surface area contributed by atoms with Gasteiger partial charge in [-0.1, -0.05) is 13.0 Å². The molecule has 4 nitrogen and oxygen atoms in total. The van der Waals surface area contributed by atoms with E-state index >= 15 is 0 Å². The van der Waals surface area contributed by atoms with Crippen LogP contribution in [0, 0.1) is 0 Å². The number of rotatable bonds is 5. The van der Waals surface area contributed by atoms with Gasteiger partial charge in [0.05, 0.1) is 18.0 Å². The second-order valence-corrected chi connectivity index (χ2v) is 4.91. The number of ether oxygens (including phenoxy) is 1. The Hall–Kier alpha value is -2.33. The SMILES string of the molecule is CCCOc1ccc(-c2nc3ccccn3c2CN)cc1. The van der Waals surface area contributed by atoms with Gasteiger partial charge >= 0.3 is 0 Å². The maximum atomic E-state index is 5.91. The molecule has 3 aromatic rings. The van der Waals surface area contributed by atoms with Crippen molar-refractivity contribution in [2.24, 2.45) is 5.73 Å². The Kier molecular flexibility index (Phi) is 3.88. The van der Waals surface area contributed by atoms with Gasteiger partial charge in [0.25, 0.3) is 0 Å². The lowest BCUT2D eigenvalue weighted by atomic mass is 10.1. The molecule has 3 rings (SSSR count). The number of benzene rings is 1. The van der Waals surface area contributed by atoms with Crippen LogP contribution >= 0.6 is 0 Å². The van der Waals surface area contributed by atoms with Crippen LogP contribution in [0.3, 0.4) is 0 Å². The smallest absolute Gasteiger partial charge is 0.137 e. The number of imidazole rings is 1. The van der Waals surface area contributed by atoms with E-state index in [1.165, 1.54) is 0 Å². The average Bonchev–Trinajstić information content (AvgIpc) is 2.92. The minimum absolute atomic E-state index is 0.453. The van der Waals surface area contributed by atoms with Crippen LogP contribution in [0.4, 0.5) is 0 Å². The van der Waals surface area contributed by atoms with Crippen LogP contribution in [0.2, 0.25) is 0 Å². The number of fused-ring (bicyclic) bond motifs is 1. The molecule has 2 aromatic heterocycles. The highest BCUT2D eigenvalue weighted by Gasteiger charge is 2.12. The molecule has 4 heteroatoms. The normalized spacial score (nSPS) is 11.0. The molecule has 0 radical (unpaired) electrons. The van der Waals surface area contributed by atoms with Crippen LogP contribution in [0.25, 0.3) is 16.9 Å². The summed E-state index contributed by atoms with van der Waals surface area (Å²) in [7, 11) is 0. The van der Waals surface area contributed by atoms with E-state index in [4.69, 9.17) is 10.5 Å². The fourth-order valence-electron chi connectivity index (χ4n) is 2.40. The molecule has 0 amide bonds. The lowest BCUT2D eigenvalue weighted by Gasteiger charge is -2.06. The first kappa shape index (κ1) is 13.6. The molecule has 0 aliphatic carbocycles. The average molecular weight is 281 g/mol. The third-order valence-electron chi connectivity index (χ3n) is 3.42. The minimum atomic E-state index is 0.453. The molecule has 0 bridgehead atoms. The summed E-state index contributed by atoms with van der Waals surface area (Å²) in [6, 6.07) is 14.0. The van der Waals surface area contributed by atoms with Gasteiger partial charge in [0.1, 0.15) is 11.4 Å². The van der Waals surface area contributed by atoms with Crippen molar-refractivity contribution in [1.29, 1.82) is 0 Å². The first-order chi connectivity index (χ1) is 10.3. The number of pyridine rings is 1. The Balaban J connectivity index is 1.99. The van der Waals surface area contributed by atoms with E-state index in [0.29, 0.717) is 6.54 Å². The lowest BCUT2D eigenvalue weighted by molar-refractivity contribution is 0.317. The summed E-state index contributed by atoms with van der Waals surface area (Å²) in [5.41, 5.74) is 9.84. The molecule has 0 saturated heterocycles. The van der Waals surface area contributed by atoms with Crippen molar-refractivity contribution in [3.8, 4) is 17.0 Å². The molecule has 0 fully saturated rings. The van der Waals surface area contributed by atoms with Gasteiger partial charge in [0, 0.05) is 18.3 Å². The quantitative estimate of drug-likeness (QED) is 0.781. The monoisotopic (exact) mass is 281 g/mol. The topological polar surface area (TPSA) is 52.5 Å². The summed E-state index contributed by atoms with van der Waals surface area (Å²) in [6.45, 7) is 3.29. The van der Waals surface area contributed by atoms with Gasteiger partial charge < -0.3 is 14.9 Å². The zero-order chi connectivity index (χ0) is 14.7. The molecular formula is C17H19N3O. The summed E-state index contributed by atoms with van der Waals surface area (Å²) in [4.78, 5) is 4.69. The molecule has 0 saturated carbocycles. The maximum Gasteiger partial charge on any atom is 0.137 e. The largest absolute Gasteiger partial charge is 0.494 e. The van der Waals surface area contributed by atoms with Crippen molar-refractivity contribution in [2.75, 3.05) is 6.61 Å². The van der Waals surface area contributed by atoms with E-state index < -0.39 is 0 Å². The molecule has 2 heterocycles. The minimum Gasteiger partial charge on any atom is -0.494 e. The first-order valence-corrected chi connectivity index (χ1v) is 7.22. The second-order valence-electron chi connectivity index (χ2n) is 4.91. The highest BCUT2D eigenvalue weighted by molar-refractivity contribution is 5.67. The van der Waals surface area contributed by atoms with Crippen LogP contribution in [-0.2, 0) is 6.54 Å². The fourth-order valence-corrected chi connectivity index (χ4v) is 2.40. The van der Waals surface area contributed by atoms with Crippen LogP contribution in [0.15, 0.2) is 48.7 Å². The van der Waals surface area contributed by atoms with Gasteiger partial charge in [-0.2, -0.15) is 0 Å². The van der Waals surface area contributed by atoms with Gasteiger partial charge in [0.2, 0.25) is 0 Å². The number of hydrogen-bond donors (Lipinski definition) is 1.